The maximum atomic E-state index is 11.6. The van der Waals surface area contributed by atoms with E-state index in [0.29, 0.717) is 18.9 Å². The van der Waals surface area contributed by atoms with E-state index in [1.54, 1.807) is 12.5 Å². The Morgan fingerprint density at radius 3 is 3.00 bits per heavy atom. The molecule has 1 amide bonds. The number of aliphatic hydroxyl groups excluding tert-OH is 1. The lowest BCUT2D eigenvalue weighted by Gasteiger charge is -2.16. The van der Waals surface area contributed by atoms with Crippen molar-refractivity contribution in [3.8, 4) is 0 Å². The molecule has 1 aromatic rings. The van der Waals surface area contributed by atoms with Crippen LogP contribution in [0.25, 0.3) is 0 Å². The van der Waals surface area contributed by atoms with Crippen LogP contribution in [-0.4, -0.2) is 46.2 Å². The van der Waals surface area contributed by atoms with E-state index in [1.807, 2.05) is 0 Å². The predicted molar refractivity (Wildman–Crippen MR) is 80.7 cm³/mol. The van der Waals surface area contributed by atoms with Crippen LogP contribution in [-0.2, 0) is 11.2 Å². The van der Waals surface area contributed by atoms with Crippen molar-refractivity contribution in [3.05, 3.63) is 18.2 Å². The maximum Gasteiger partial charge on any atom is 0.225 e. The first kappa shape index (κ1) is 16.0. The molecule has 0 radical (unpaired) electrons. The Morgan fingerprint density at radius 2 is 2.33 bits per heavy atom. The zero-order valence-electron chi connectivity index (χ0n) is 12.6. The van der Waals surface area contributed by atoms with Gasteiger partial charge < -0.3 is 20.7 Å². The number of rotatable bonds is 8. The van der Waals surface area contributed by atoms with Gasteiger partial charge in [0.25, 0.3) is 0 Å². The van der Waals surface area contributed by atoms with Gasteiger partial charge in [-0.3, -0.25) is 4.79 Å². The van der Waals surface area contributed by atoms with Crippen LogP contribution in [0.1, 0.15) is 38.3 Å². The van der Waals surface area contributed by atoms with E-state index < -0.39 is 0 Å². The Kier molecular flexibility index (Phi) is 6.20. The highest BCUT2D eigenvalue weighted by molar-refractivity contribution is 5.77. The molecule has 0 aliphatic carbocycles. The van der Waals surface area contributed by atoms with E-state index in [9.17, 15) is 9.90 Å². The highest BCUT2D eigenvalue weighted by Gasteiger charge is 2.30. The van der Waals surface area contributed by atoms with Crippen molar-refractivity contribution in [3.63, 3.8) is 0 Å². The molecule has 0 aromatic carbocycles. The monoisotopic (exact) mass is 294 g/mol. The first-order valence-electron chi connectivity index (χ1n) is 7.82. The quantitative estimate of drug-likeness (QED) is 0.529. The van der Waals surface area contributed by atoms with Crippen molar-refractivity contribution in [2.45, 2.75) is 51.2 Å². The minimum Gasteiger partial charge on any atom is -0.391 e. The number of hydrogen-bond acceptors (Lipinski definition) is 4. The molecule has 6 heteroatoms. The molecule has 21 heavy (non-hydrogen) atoms. The molecule has 1 fully saturated rings. The lowest BCUT2D eigenvalue weighted by molar-refractivity contribution is -0.120. The topological polar surface area (TPSA) is 90.0 Å². The third-order valence-corrected chi connectivity index (χ3v) is 4.12. The van der Waals surface area contributed by atoms with Gasteiger partial charge in [0, 0.05) is 31.0 Å². The summed E-state index contributed by atoms with van der Waals surface area (Å²) in [5.41, 5.74) is 0.836. The van der Waals surface area contributed by atoms with Gasteiger partial charge in [0.1, 0.15) is 0 Å². The van der Waals surface area contributed by atoms with Crippen LogP contribution in [0.4, 0.5) is 0 Å². The molecule has 2 rings (SSSR count). The number of aromatic amines is 1. The van der Waals surface area contributed by atoms with Crippen LogP contribution in [0.15, 0.2) is 12.5 Å². The molecule has 6 nitrogen and oxygen atoms in total. The lowest BCUT2D eigenvalue weighted by Crippen LogP contribution is -2.31. The minimum absolute atomic E-state index is 0.0287. The molecule has 1 aromatic heterocycles. The first-order chi connectivity index (χ1) is 10.2. The second-order valence-electron chi connectivity index (χ2n) is 5.94. The van der Waals surface area contributed by atoms with Crippen LogP contribution in [0.5, 0.6) is 0 Å². The summed E-state index contributed by atoms with van der Waals surface area (Å²) in [6.45, 7) is 3.70. The van der Waals surface area contributed by atoms with Crippen LogP contribution < -0.4 is 10.6 Å². The molecular weight excluding hydrogens is 268 g/mol. The summed E-state index contributed by atoms with van der Waals surface area (Å²) in [4.78, 5) is 18.4. The van der Waals surface area contributed by atoms with E-state index in [4.69, 9.17) is 0 Å². The third kappa shape index (κ3) is 5.13. The van der Waals surface area contributed by atoms with E-state index in [1.165, 1.54) is 0 Å². The second-order valence-corrected chi connectivity index (χ2v) is 5.94. The second kappa shape index (κ2) is 8.14. The molecule has 0 saturated carbocycles. The number of carbonyl (C=O) groups is 1. The highest BCUT2D eigenvalue weighted by atomic mass is 16.3. The van der Waals surface area contributed by atoms with Crippen molar-refractivity contribution in [2.24, 2.45) is 5.92 Å². The fourth-order valence-electron chi connectivity index (χ4n) is 2.76. The number of aromatic nitrogens is 2. The van der Waals surface area contributed by atoms with E-state index in [0.717, 1.165) is 37.9 Å². The normalized spacial score (nSPS) is 25.1. The maximum absolute atomic E-state index is 11.6. The van der Waals surface area contributed by atoms with Gasteiger partial charge in [-0.15, -0.1) is 0 Å². The molecule has 4 N–H and O–H groups in total. The van der Waals surface area contributed by atoms with Gasteiger partial charge in [-0.25, -0.2) is 4.98 Å². The zero-order valence-corrected chi connectivity index (χ0v) is 12.6. The minimum atomic E-state index is -0.209. The Labute approximate surface area is 125 Å². The van der Waals surface area contributed by atoms with Crippen molar-refractivity contribution in [2.75, 3.05) is 13.1 Å². The summed E-state index contributed by atoms with van der Waals surface area (Å²) >= 11 is 0. The number of nitrogens with zero attached hydrogens (tertiary/aromatic N) is 1. The van der Waals surface area contributed by atoms with Gasteiger partial charge in [0.15, 0.2) is 0 Å². The molecule has 0 bridgehead atoms. The Hall–Kier alpha value is -1.40. The van der Waals surface area contributed by atoms with Gasteiger partial charge >= 0.3 is 0 Å². The summed E-state index contributed by atoms with van der Waals surface area (Å²) in [7, 11) is 0. The summed E-state index contributed by atoms with van der Waals surface area (Å²) in [5.74, 6) is 0.387. The summed E-state index contributed by atoms with van der Waals surface area (Å²) in [6.07, 6.45) is 7.53. The van der Waals surface area contributed by atoms with E-state index in [2.05, 4.69) is 27.5 Å². The van der Waals surface area contributed by atoms with Crippen LogP contribution in [0, 0.1) is 5.92 Å². The molecule has 3 atom stereocenters. The van der Waals surface area contributed by atoms with E-state index in [-0.39, 0.29) is 18.1 Å². The van der Waals surface area contributed by atoms with Gasteiger partial charge in [-0.05, 0) is 18.8 Å². The molecule has 118 valence electrons. The van der Waals surface area contributed by atoms with Crippen LogP contribution in [0.3, 0.4) is 0 Å². The number of H-pyrrole nitrogens is 1. The molecule has 0 spiro atoms. The number of unbranched alkanes of at least 4 members (excludes halogenated alkanes) is 2. The Bertz CT molecular complexity index is 421. The predicted octanol–water partition coefficient (Wildman–Crippen LogP) is 0.598. The molecule has 1 aliphatic heterocycles. The fraction of sp³-hybridized carbons (Fsp3) is 0.733. The molecule has 1 saturated heterocycles. The summed E-state index contributed by atoms with van der Waals surface area (Å²) in [5, 5.41) is 16.2. The van der Waals surface area contributed by atoms with Crippen molar-refractivity contribution in [1.82, 2.24) is 20.6 Å². The standard InChI is InChI=1S/C15H26N4O2/c1-11-8-18-13(15(11)21)5-3-2-4-6-17-14(20)7-12-9-16-10-19-12/h9-11,13,15,18,21H,2-8H2,1H3,(H,16,19)(H,17,20)/t11?,13-,15?/m0/s1. The fourth-order valence-corrected chi connectivity index (χ4v) is 2.76. The van der Waals surface area contributed by atoms with Crippen LogP contribution in [0.2, 0.25) is 0 Å². The molecule has 2 heterocycles. The number of nitrogens with one attached hydrogen (secondary N) is 3. The number of aliphatic hydroxyl groups is 1. The van der Waals surface area contributed by atoms with Gasteiger partial charge in [0.2, 0.25) is 5.91 Å². The molecule has 2 unspecified atom stereocenters. The number of hydrogen-bond donors (Lipinski definition) is 4. The number of carbonyl (C=O) groups excluding carboxylic acids is 1. The average molecular weight is 294 g/mol. The van der Waals surface area contributed by atoms with Gasteiger partial charge in [-0.1, -0.05) is 19.8 Å². The van der Waals surface area contributed by atoms with Crippen molar-refractivity contribution < 1.29 is 9.90 Å². The SMILES string of the molecule is CC1CN[C@@H](CCCCCNC(=O)Cc2cnc[nH]2)C1O. The van der Waals surface area contributed by atoms with Crippen molar-refractivity contribution in [1.29, 1.82) is 0 Å². The molecule has 1 aliphatic rings. The highest BCUT2D eigenvalue weighted by Crippen LogP contribution is 2.18. The van der Waals surface area contributed by atoms with E-state index >= 15 is 0 Å². The number of imidazole rings is 1. The Balaban J connectivity index is 1.47. The smallest absolute Gasteiger partial charge is 0.225 e. The number of amides is 1. The average Bonchev–Trinajstić information content (AvgIpc) is 3.07. The largest absolute Gasteiger partial charge is 0.391 e. The van der Waals surface area contributed by atoms with Crippen molar-refractivity contribution >= 4 is 5.91 Å². The van der Waals surface area contributed by atoms with Gasteiger partial charge in [0.05, 0.1) is 18.9 Å². The molecular formula is C15H26N4O2. The lowest BCUT2D eigenvalue weighted by atomic mass is 9.99. The van der Waals surface area contributed by atoms with Gasteiger partial charge in [-0.2, -0.15) is 0 Å². The Morgan fingerprint density at radius 1 is 1.48 bits per heavy atom. The summed E-state index contributed by atoms with van der Waals surface area (Å²) < 4.78 is 0. The first-order valence-corrected chi connectivity index (χ1v) is 7.82. The summed E-state index contributed by atoms with van der Waals surface area (Å²) in [6, 6.07) is 0.245. The van der Waals surface area contributed by atoms with Crippen LogP contribution >= 0.6 is 0 Å². The zero-order chi connectivity index (χ0) is 15.1. The third-order valence-electron chi connectivity index (χ3n) is 4.12.